The van der Waals surface area contributed by atoms with Gasteiger partial charge in [0.2, 0.25) is 5.91 Å². The highest BCUT2D eigenvalue weighted by atomic mass is 16.5. The van der Waals surface area contributed by atoms with Crippen LogP contribution in [-0.2, 0) is 20.9 Å². The second-order valence-electron chi connectivity index (χ2n) is 6.19. The maximum absolute atomic E-state index is 12.1. The molecule has 0 aromatic heterocycles. The lowest BCUT2D eigenvalue weighted by Gasteiger charge is -2.13. The lowest BCUT2D eigenvalue weighted by atomic mass is 10.1. The van der Waals surface area contributed by atoms with E-state index >= 15 is 0 Å². The summed E-state index contributed by atoms with van der Waals surface area (Å²) in [5.74, 6) is -0.719. The van der Waals surface area contributed by atoms with Crippen LogP contribution in [0.5, 0.6) is 0 Å². The molecule has 0 saturated heterocycles. The zero-order valence-corrected chi connectivity index (χ0v) is 16.4. The Labute approximate surface area is 169 Å². The summed E-state index contributed by atoms with van der Waals surface area (Å²) in [7, 11) is 1.33. The zero-order valence-electron chi connectivity index (χ0n) is 16.4. The van der Waals surface area contributed by atoms with E-state index in [1.165, 1.54) is 7.11 Å². The molecule has 0 aliphatic carbocycles. The maximum atomic E-state index is 12.1. The summed E-state index contributed by atoms with van der Waals surface area (Å²) >= 11 is 0. The van der Waals surface area contributed by atoms with Crippen molar-refractivity contribution in [3.05, 3.63) is 77.4 Å². The smallest absolute Gasteiger partial charge is 0.408 e. The Morgan fingerprint density at radius 3 is 2.38 bits per heavy atom. The number of rotatable bonds is 8. The number of carbonyl (C=O) groups excluding carboxylic acids is 3. The summed E-state index contributed by atoms with van der Waals surface area (Å²) < 4.78 is 9.74. The monoisotopic (exact) mass is 396 g/mol. The molecule has 0 aliphatic rings. The van der Waals surface area contributed by atoms with Gasteiger partial charge in [0.25, 0.3) is 0 Å². The van der Waals surface area contributed by atoms with Crippen molar-refractivity contribution in [2.75, 3.05) is 13.7 Å². The van der Waals surface area contributed by atoms with Crippen LogP contribution in [0.3, 0.4) is 0 Å². The Morgan fingerprint density at radius 1 is 1.03 bits per heavy atom. The number of carbonyl (C=O) groups is 3. The van der Waals surface area contributed by atoms with E-state index in [-0.39, 0.29) is 12.5 Å². The average Bonchev–Trinajstić information content (AvgIpc) is 2.75. The predicted octanol–water partition coefficient (Wildman–Crippen LogP) is 2.92. The molecule has 29 heavy (non-hydrogen) atoms. The van der Waals surface area contributed by atoms with Gasteiger partial charge in [0.1, 0.15) is 12.6 Å². The number of ether oxygens (including phenoxy) is 2. The van der Waals surface area contributed by atoms with Crippen molar-refractivity contribution in [1.82, 2.24) is 10.6 Å². The molecule has 0 heterocycles. The molecular weight excluding hydrogens is 372 g/mol. The van der Waals surface area contributed by atoms with Crippen molar-refractivity contribution in [2.24, 2.45) is 0 Å². The summed E-state index contributed by atoms with van der Waals surface area (Å²) in [6, 6.07) is 15.4. The molecule has 2 aromatic rings. The second-order valence-corrected chi connectivity index (χ2v) is 6.19. The molecule has 2 aromatic carbocycles. The van der Waals surface area contributed by atoms with Crippen LogP contribution in [0.15, 0.2) is 60.7 Å². The predicted molar refractivity (Wildman–Crippen MR) is 109 cm³/mol. The van der Waals surface area contributed by atoms with E-state index in [4.69, 9.17) is 4.74 Å². The number of esters is 1. The molecule has 0 radical (unpaired) electrons. The first-order chi connectivity index (χ1) is 14.0. The van der Waals surface area contributed by atoms with Crippen molar-refractivity contribution in [3.63, 3.8) is 0 Å². The van der Waals surface area contributed by atoms with Gasteiger partial charge in [0, 0.05) is 6.54 Å². The van der Waals surface area contributed by atoms with Crippen molar-refractivity contribution < 1.29 is 23.9 Å². The number of hydrogen-bond acceptors (Lipinski definition) is 5. The van der Waals surface area contributed by atoms with Gasteiger partial charge in [0.05, 0.1) is 12.7 Å². The first-order valence-corrected chi connectivity index (χ1v) is 9.09. The average molecular weight is 396 g/mol. The molecule has 0 spiro atoms. The lowest BCUT2D eigenvalue weighted by molar-refractivity contribution is -0.122. The van der Waals surface area contributed by atoms with Crippen molar-refractivity contribution in [1.29, 1.82) is 0 Å². The third-order valence-corrected chi connectivity index (χ3v) is 3.98. The van der Waals surface area contributed by atoms with Gasteiger partial charge in [-0.05, 0) is 30.2 Å². The number of hydrogen-bond donors (Lipinski definition) is 2. The second kappa shape index (κ2) is 11.3. The molecule has 1 atom stereocenters. The zero-order chi connectivity index (χ0) is 21.1. The fraction of sp³-hybridized carbons (Fsp3) is 0.227. The van der Waals surface area contributed by atoms with E-state index in [9.17, 15) is 14.4 Å². The van der Waals surface area contributed by atoms with Crippen LogP contribution in [0.1, 0.15) is 28.4 Å². The molecule has 7 nitrogen and oxygen atoms in total. The molecule has 2 N–H and O–H groups in total. The van der Waals surface area contributed by atoms with Gasteiger partial charge in [-0.3, -0.25) is 4.79 Å². The highest BCUT2D eigenvalue weighted by molar-refractivity contribution is 5.89. The fourth-order valence-electron chi connectivity index (χ4n) is 2.36. The Bertz CT molecular complexity index is 847. The highest BCUT2D eigenvalue weighted by Crippen LogP contribution is 2.07. The molecule has 0 fully saturated rings. The Balaban J connectivity index is 1.70. The number of amides is 2. The van der Waals surface area contributed by atoms with E-state index < -0.39 is 18.1 Å². The van der Waals surface area contributed by atoms with Gasteiger partial charge in [-0.25, -0.2) is 9.59 Å². The third kappa shape index (κ3) is 7.50. The quantitative estimate of drug-likeness (QED) is 0.669. The van der Waals surface area contributed by atoms with Gasteiger partial charge in [-0.15, -0.1) is 0 Å². The van der Waals surface area contributed by atoms with E-state index in [0.29, 0.717) is 12.1 Å². The molecule has 1 unspecified atom stereocenters. The Kier molecular flexibility index (Phi) is 8.44. The van der Waals surface area contributed by atoms with Crippen LogP contribution in [0.4, 0.5) is 4.79 Å². The summed E-state index contributed by atoms with van der Waals surface area (Å²) in [5.41, 5.74) is 2.21. The van der Waals surface area contributed by atoms with Crippen LogP contribution in [0, 0.1) is 0 Å². The molecule has 152 valence electrons. The first-order valence-electron chi connectivity index (χ1n) is 9.09. The summed E-state index contributed by atoms with van der Waals surface area (Å²) in [6.45, 7) is 2.01. The van der Waals surface area contributed by atoms with Crippen LogP contribution in [-0.4, -0.2) is 37.7 Å². The van der Waals surface area contributed by atoms with E-state index in [1.807, 2.05) is 36.4 Å². The topological polar surface area (TPSA) is 93.7 Å². The van der Waals surface area contributed by atoms with Crippen molar-refractivity contribution in [3.8, 4) is 0 Å². The van der Waals surface area contributed by atoms with Gasteiger partial charge in [-0.1, -0.05) is 54.6 Å². The summed E-state index contributed by atoms with van der Waals surface area (Å²) in [6.07, 6.45) is 2.93. The van der Waals surface area contributed by atoms with Gasteiger partial charge < -0.3 is 20.1 Å². The molecule has 0 saturated carbocycles. The van der Waals surface area contributed by atoms with Crippen LogP contribution in [0.25, 0.3) is 6.08 Å². The van der Waals surface area contributed by atoms with Gasteiger partial charge >= 0.3 is 12.1 Å². The van der Waals surface area contributed by atoms with Crippen LogP contribution < -0.4 is 10.6 Å². The Morgan fingerprint density at radius 2 is 1.72 bits per heavy atom. The number of alkyl carbamates (subject to hydrolysis) is 1. The normalized spacial score (nSPS) is 11.5. The molecule has 2 amide bonds. The SMILES string of the molecule is COC(=O)c1ccc(/C=C/CNC(=O)C(C)NC(=O)OCc2ccccc2)cc1. The fourth-order valence-corrected chi connectivity index (χ4v) is 2.36. The lowest BCUT2D eigenvalue weighted by Crippen LogP contribution is -2.45. The number of nitrogens with one attached hydrogen (secondary N) is 2. The Hall–Kier alpha value is -3.61. The summed E-state index contributed by atoms with van der Waals surface area (Å²) in [4.78, 5) is 35.2. The minimum Gasteiger partial charge on any atom is -0.465 e. The minimum absolute atomic E-state index is 0.137. The number of benzene rings is 2. The van der Waals surface area contributed by atoms with E-state index in [1.54, 1.807) is 37.3 Å². The molecule has 0 aliphatic heterocycles. The molecule has 2 rings (SSSR count). The maximum Gasteiger partial charge on any atom is 0.408 e. The van der Waals surface area contributed by atoms with Crippen molar-refractivity contribution in [2.45, 2.75) is 19.6 Å². The molecular formula is C22H24N2O5. The highest BCUT2D eigenvalue weighted by Gasteiger charge is 2.15. The molecule has 0 bridgehead atoms. The van der Waals surface area contributed by atoms with E-state index in [0.717, 1.165) is 11.1 Å². The largest absolute Gasteiger partial charge is 0.465 e. The van der Waals surface area contributed by atoms with Gasteiger partial charge in [-0.2, -0.15) is 0 Å². The summed E-state index contributed by atoms with van der Waals surface area (Å²) in [5, 5.41) is 5.19. The van der Waals surface area contributed by atoms with E-state index in [2.05, 4.69) is 15.4 Å². The third-order valence-electron chi connectivity index (χ3n) is 3.98. The minimum atomic E-state index is -0.731. The van der Waals surface area contributed by atoms with Crippen LogP contribution >= 0.6 is 0 Å². The van der Waals surface area contributed by atoms with Crippen molar-refractivity contribution >= 4 is 24.0 Å². The first kappa shape index (κ1) is 21.7. The van der Waals surface area contributed by atoms with Gasteiger partial charge in [0.15, 0.2) is 0 Å². The number of methoxy groups -OCH3 is 1. The van der Waals surface area contributed by atoms with Crippen LogP contribution in [0.2, 0.25) is 0 Å². The molecule has 7 heteroatoms. The standard InChI is InChI=1S/C22H24N2O5/c1-16(24-22(27)29-15-18-7-4-3-5-8-18)20(25)23-14-6-9-17-10-12-19(13-11-17)21(26)28-2/h3-13,16H,14-15H2,1-2H3,(H,23,25)(H,24,27)/b9-6+.